The van der Waals surface area contributed by atoms with Gasteiger partial charge >= 0.3 is 5.97 Å². The number of carbonyl (C=O) groups excluding carboxylic acids is 2. The number of methoxy groups -OCH3 is 2. The highest BCUT2D eigenvalue weighted by Crippen LogP contribution is 2.23. The lowest BCUT2D eigenvalue weighted by atomic mass is 10.2. The summed E-state index contributed by atoms with van der Waals surface area (Å²) in [5, 5.41) is 0. The van der Waals surface area contributed by atoms with Crippen LogP contribution < -0.4 is 9.47 Å². The Morgan fingerprint density at radius 1 is 1.05 bits per heavy atom. The first kappa shape index (κ1) is 15.8. The van der Waals surface area contributed by atoms with Crippen LogP contribution in [0.2, 0.25) is 0 Å². The van der Waals surface area contributed by atoms with Gasteiger partial charge in [0, 0.05) is 20.2 Å². The predicted molar refractivity (Wildman–Crippen MR) is 73.1 cm³/mol. The summed E-state index contributed by atoms with van der Waals surface area (Å²) < 4.78 is 15.3. The lowest BCUT2D eigenvalue weighted by Crippen LogP contribution is -2.34. The summed E-state index contributed by atoms with van der Waals surface area (Å²) in [5.74, 6) is 0.0592. The molecule has 0 aliphatic carbocycles. The van der Waals surface area contributed by atoms with Gasteiger partial charge in [0.2, 0.25) is 0 Å². The van der Waals surface area contributed by atoms with Crippen LogP contribution in [-0.4, -0.2) is 51.2 Å². The van der Waals surface area contributed by atoms with Gasteiger partial charge in [-0.1, -0.05) is 0 Å². The van der Waals surface area contributed by atoms with Gasteiger partial charge in [0.25, 0.3) is 5.91 Å². The molecule has 1 amide bonds. The lowest BCUT2D eigenvalue weighted by molar-refractivity contribution is -0.137. The van der Waals surface area contributed by atoms with E-state index in [1.807, 2.05) is 0 Å². The third-order valence-corrected chi connectivity index (χ3v) is 2.66. The normalized spacial score (nSPS) is 11.4. The molecule has 1 atom stereocenters. The fourth-order valence-electron chi connectivity index (χ4n) is 1.57. The highest BCUT2D eigenvalue weighted by Gasteiger charge is 2.21. The van der Waals surface area contributed by atoms with Gasteiger partial charge in [0.15, 0.2) is 6.10 Å². The molecule has 0 fully saturated rings. The molecule has 110 valence electrons. The minimum Gasteiger partial charge on any atom is -0.497 e. The van der Waals surface area contributed by atoms with E-state index in [9.17, 15) is 9.59 Å². The molecule has 0 spiro atoms. The lowest BCUT2D eigenvalue weighted by Gasteiger charge is -2.17. The van der Waals surface area contributed by atoms with Gasteiger partial charge in [-0.05, 0) is 19.1 Å². The quantitative estimate of drug-likeness (QED) is 0.762. The van der Waals surface area contributed by atoms with Gasteiger partial charge in [-0.2, -0.15) is 0 Å². The summed E-state index contributed by atoms with van der Waals surface area (Å²) in [6.45, 7) is 1.53. The molecule has 0 saturated heterocycles. The number of amides is 1. The Bertz CT molecular complexity index is 476. The van der Waals surface area contributed by atoms with Crippen molar-refractivity contribution in [1.82, 2.24) is 4.90 Å². The van der Waals surface area contributed by atoms with Crippen molar-refractivity contribution >= 4 is 11.9 Å². The third kappa shape index (κ3) is 3.88. The van der Waals surface area contributed by atoms with Crippen molar-refractivity contribution in [2.75, 3.05) is 28.3 Å². The minimum absolute atomic E-state index is 0.264. The molecule has 0 saturated carbocycles. The molecule has 0 radical (unpaired) electrons. The molecule has 0 aromatic heterocycles. The van der Waals surface area contributed by atoms with Crippen molar-refractivity contribution in [3.8, 4) is 11.5 Å². The number of esters is 1. The molecule has 0 bridgehead atoms. The molecule has 6 heteroatoms. The minimum atomic E-state index is -0.852. The van der Waals surface area contributed by atoms with Gasteiger partial charge in [0.05, 0.1) is 19.8 Å². The van der Waals surface area contributed by atoms with Crippen LogP contribution in [0.3, 0.4) is 0 Å². The second kappa shape index (κ2) is 6.79. The molecular formula is C14H19NO5. The fraction of sp³-hybridized carbons (Fsp3) is 0.429. The maximum Gasteiger partial charge on any atom is 0.339 e. The van der Waals surface area contributed by atoms with Crippen LogP contribution in [-0.2, 0) is 9.53 Å². The van der Waals surface area contributed by atoms with Gasteiger partial charge in [-0.3, -0.25) is 4.79 Å². The average Bonchev–Trinajstić information content (AvgIpc) is 2.45. The first-order valence-electron chi connectivity index (χ1n) is 6.04. The standard InChI is InChI=1S/C14H19NO5/c1-9(13(16)15(2)3)20-14(17)10-6-11(18-4)8-12(7-10)19-5/h6-9H,1-5H3/t9-/m0/s1. The highest BCUT2D eigenvalue weighted by atomic mass is 16.5. The summed E-state index contributed by atoms with van der Waals surface area (Å²) in [5.41, 5.74) is 0.264. The number of hydrogen-bond acceptors (Lipinski definition) is 5. The number of ether oxygens (including phenoxy) is 3. The van der Waals surface area contributed by atoms with Crippen molar-refractivity contribution in [3.63, 3.8) is 0 Å². The zero-order chi connectivity index (χ0) is 15.3. The van der Waals surface area contributed by atoms with Crippen molar-refractivity contribution in [3.05, 3.63) is 23.8 Å². The maximum atomic E-state index is 12.0. The van der Waals surface area contributed by atoms with Crippen molar-refractivity contribution in [2.24, 2.45) is 0 Å². The monoisotopic (exact) mass is 281 g/mol. The smallest absolute Gasteiger partial charge is 0.339 e. The molecule has 1 rings (SSSR count). The van der Waals surface area contributed by atoms with Gasteiger partial charge < -0.3 is 19.1 Å². The Labute approximate surface area is 118 Å². The Hall–Kier alpha value is -2.24. The number of carbonyl (C=O) groups is 2. The van der Waals surface area contributed by atoms with E-state index in [-0.39, 0.29) is 11.5 Å². The van der Waals surface area contributed by atoms with Gasteiger partial charge in [-0.15, -0.1) is 0 Å². The zero-order valence-electron chi connectivity index (χ0n) is 12.3. The van der Waals surface area contributed by atoms with Gasteiger partial charge in [-0.25, -0.2) is 4.79 Å². The summed E-state index contributed by atoms with van der Waals surface area (Å²) in [6, 6.07) is 4.70. The van der Waals surface area contributed by atoms with E-state index in [1.54, 1.807) is 20.2 Å². The number of hydrogen-bond donors (Lipinski definition) is 0. The summed E-state index contributed by atoms with van der Waals surface area (Å²) in [7, 11) is 6.17. The SMILES string of the molecule is COc1cc(OC)cc(C(=O)O[C@@H](C)C(=O)N(C)C)c1. The number of likely N-dealkylation sites (N-methyl/N-ethyl adjacent to an activating group) is 1. The Balaban J connectivity index is 2.89. The van der Waals surface area contributed by atoms with E-state index >= 15 is 0 Å². The number of benzene rings is 1. The van der Waals surface area contributed by atoms with E-state index in [4.69, 9.17) is 14.2 Å². The zero-order valence-corrected chi connectivity index (χ0v) is 12.3. The van der Waals surface area contributed by atoms with Crippen LogP contribution >= 0.6 is 0 Å². The molecule has 1 aromatic rings. The van der Waals surface area contributed by atoms with E-state index in [0.29, 0.717) is 11.5 Å². The van der Waals surface area contributed by atoms with Crippen molar-refractivity contribution in [2.45, 2.75) is 13.0 Å². The Morgan fingerprint density at radius 3 is 1.95 bits per heavy atom. The van der Waals surface area contributed by atoms with Crippen molar-refractivity contribution in [1.29, 1.82) is 0 Å². The number of nitrogens with zero attached hydrogens (tertiary/aromatic N) is 1. The second-order valence-corrected chi connectivity index (χ2v) is 4.38. The molecule has 0 heterocycles. The average molecular weight is 281 g/mol. The predicted octanol–water partition coefficient (Wildman–Crippen LogP) is 1.34. The van der Waals surface area contributed by atoms with E-state index in [1.165, 1.54) is 38.2 Å². The molecule has 0 unspecified atom stereocenters. The van der Waals surface area contributed by atoms with Crippen LogP contribution in [0.25, 0.3) is 0 Å². The van der Waals surface area contributed by atoms with Crippen LogP contribution in [0.4, 0.5) is 0 Å². The topological polar surface area (TPSA) is 65.1 Å². The fourth-order valence-corrected chi connectivity index (χ4v) is 1.57. The number of rotatable bonds is 5. The van der Waals surface area contributed by atoms with Crippen LogP contribution in [0, 0.1) is 0 Å². The summed E-state index contributed by atoms with van der Waals surface area (Å²) in [4.78, 5) is 25.0. The largest absolute Gasteiger partial charge is 0.497 e. The molecule has 1 aromatic carbocycles. The van der Waals surface area contributed by atoms with E-state index in [0.717, 1.165) is 0 Å². The molecular weight excluding hydrogens is 262 g/mol. The first-order chi connectivity index (χ1) is 9.38. The molecule has 6 nitrogen and oxygen atoms in total. The second-order valence-electron chi connectivity index (χ2n) is 4.38. The summed E-state index contributed by atoms with van der Waals surface area (Å²) in [6.07, 6.45) is -0.852. The van der Waals surface area contributed by atoms with Crippen LogP contribution in [0.5, 0.6) is 11.5 Å². The van der Waals surface area contributed by atoms with E-state index < -0.39 is 12.1 Å². The highest BCUT2D eigenvalue weighted by molar-refractivity contribution is 5.93. The molecule has 0 aliphatic heterocycles. The van der Waals surface area contributed by atoms with E-state index in [2.05, 4.69) is 0 Å². The van der Waals surface area contributed by atoms with Crippen LogP contribution in [0.15, 0.2) is 18.2 Å². The first-order valence-corrected chi connectivity index (χ1v) is 6.04. The Morgan fingerprint density at radius 2 is 1.55 bits per heavy atom. The van der Waals surface area contributed by atoms with Crippen LogP contribution in [0.1, 0.15) is 17.3 Å². The van der Waals surface area contributed by atoms with Gasteiger partial charge in [0.1, 0.15) is 11.5 Å². The molecule has 20 heavy (non-hydrogen) atoms. The Kier molecular flexibility index (Phi) is 5.37. The molecule has 0 aliphatic rings. The van der Waals surface area contributed by atoms with Crippen molar-refractivity contribution < 1.29 is 23.8 Å². The maximum absolute atomic E-state index is 12.0. The molecule has 0 N–H and O–H groups in total. The summed E-state index contributed by atoms with van der Waals surface area (Å²) >= 11 is 0. The third-order valence-electron chi connectivity index (χ3n) is 2.66.